The van der Waals surface area contributed by atoms with Crippen LogP contribution in [-0.2, 0) is 4.74 Å². The van der Waals surface area contributed by atoms with E-state index in [0.717, 1.165) is 25.0 Å². The van der Waals surface area contributed by atoms with Gasteiger partial charge in [0, 0.05) is 43.2 Å². The van der Waals surface area contributed by atoms with Crippen molar-refractivity contribution in [1.29, 1.82) is 0 Å². The summed E-state index contributed by atoms with van der Waals surface area (Å²) in [5, 5.41) is 2.79. The molecule has 2 aliphatic heterocycles. The molecule has 6 rings (SSSR count). The van der Waals surface area contributed by atoms with Crippen molar-refractivity contribution in [3.8, 4) is 0 Å². The molecule has 1 spiro atoms. The lowest BCUT2D eigenvalue weighted by molar-refractivity contribution is -0.205. The Morgan fingerprint density at radius 1 is 1.37 bits per heavy atom. The molecule has 0 bridgehead atoms. The minimum absolute atomic E-state index is 0.108. The lowest BCUT2D eigenvalue weighted by atomic mass is 9.76. The van der Waals surface area contributed by atoms with Gasteiger partial charge in [-0.1, -0.05) is 13.3 Å². The van der Waals surface area contributed by atoms with Gasteiger partial charge in [0.25, 0.3) is 5.91 Å². The summed E-state index contributed by atoms with van der Waals surface area (Å²) in [6.07, 6.45) is 5.26. The Kier molecular flexibility index (Phi) is 5.23. The van der Waals surface area contributed by atoms with Crippen LogP contribution < -0.4 is 16.0 Å². The van der Waals surface area contributed by atoms with Gasteiger partial charge in [-0.2, -0.15) is 0 Å². The van der Waals surface area contributed by atoms with Gasteiger partial charge in [-0.15, -0.1) is 11.3 Å². The first-order chi connectivity index (χ1) is 16.8. The summed E-state index contributed by atoms with van der Waals surface area (Å²) in [7, 11) is 0. The lowest BCUT2D eigenvalue weighted by Crippen LogP contribution is -2.55. The van der Waals surface area contributed by atoms with Crippen molar-refractivity contribution in [2.24, 2.45) is 5.41 Å². The van der Waals surface area contributed by atoms with Crippen LogP contribution in [0, 0.1) is 24.0 Å². The van der Waals surface area contributed by atoms with Crippen LogP contribution in [0.25, 0.3) is 10.3 Å². The first kappa shape index (κ1) is 22.6. The van der Waals surface area contributed by atoms with Crippen molar-refractivity contribution in [2.75, 3.05) is 30.3 Å². The Hall–Kier alpha value is -2.85. The first-order valence-electron chi connectivity index (χ1n) is 12.0. The second-order valence-electron chi connectivity index (χ2n) is 10.1. The number of hydrogen-bond acceptors (Lipinski definition) is 7. The smallest absolute Gasteiger partial charge is 0.263 e. The highest BCUT2D eigenvalue weighted by molar-refractivity contribution is 7.21. The van der Waals surface area contributed by atoms with Gasteiger partial charge in [-0.3, -0.25) is 4.79 Å². The molecule has 3 N–H and O–H groups in total. The number of nitrogens with two attached hydrogens (primary N) is 1. The van der Waals surface area contributed by atoms with E-state index in [-0.39, 0.29) is 47.0 Å². The number of nitrogen functional groups attached to an aromatic ring is 1. The van der Waals surface area contributed by atoms with Gasteiger partial charge in [0.2, 0.25) is 0 Å². The topological polar surface area (TPSA) is 93.4 Å². The third-order valence-electron chi connectivity index (χ3n) is 7.86. The molecule has 1 amide bonds. The number of nitrogens with zero attached hydrogens (tertiary/aromatic N) is 3. The third kappa shape index (κ3) is 3.48. The van der Waals surface area contributed by atoms with Gasteiger partial charge in [0.15, 0.2) is 0 Å². The molecule has 1 saturated carbocycles. The summed E-state index contributed by atoms with van der Waals surface area (Å²) in [6.45, 7) is 5.01. The molecule has 3 unspecified atom stereocenters. The van der Waals surface area contributed by atoms with Gasteiger partial charge >= 0.3 is 0 Å². The minimum atomic E-state index is -0.478. The number of ether oxygens (including phenoxy) is 1. The molecule has 4 heterocycles. The summed E-state index contributed by atoms with van der Waals surface area (Å²) in [5.74, 6) is -1.75. The van der Waals surface area contributed by atoms with E-state index in [1.807, 2.05) is 11.8 Å². The van der Waals surface area contributed by atoms with E-state index in [4.69, 9.17) is 10.5 Å². The van der Waals surface area contributed by atoms with Crippen LogP contribution in [0.4, 0.5) is 20.2 Å². The highest BCUT2D eigenvalue weighted by Crippen LogP contribution is 2.57. The van der Waals surface area contributed by atoms with Crippen LogP contribution >= 0.6 is 11.3 Å². The standard InChI is InChI=1S/C25H27F2N5O2S/c1-12(8-30-23(33)22-20(28)21-24(35-22)31-13(2)9-29-21)14-6-16(27)17(7-15(14)26)32-10-19-25(11-32)5-3-4-18(25)34-19/h6-7,9,12,18-19H,3-5,8,10-11,28H2,1-2H3,(H,30,33)/t12-,18?,19?,25?/m1/s1. The van der Waals surface area contributed by atoms with E-state index < -0.39 is 17.6 Å². The molecule has 4 atom stereocenters. The fourth-order valence-electron chi connectivity index (χ4n) is 5.96. The van der Waals surface area contributed by atoms with E-state index >= 15 is 8.78 Å². The van der Waals surface area contributed by atoms with E-state index in [1.165, 1.54) is 23.5 Å². The number of aromatic nitrogens is 2. The number of halogens is 2. The molecule has 3 aliphatic rings. The molecule has 184 valence electrons. The highest BCUT2D eigenvalue weighted by atomic mass is 32.1. The number of carbonyl (C=O) groups excluding carboxylic acids is 1. The number of anilines is 2. The van der Waals surface area contributed by atoms with Gasteiger partial charge in [-0.05, 0) is 31.4 Å². The Morgan fingerprint density at radius 2 is 2.20 bits per heavy atom. The van der Waals surface area contributed by atoms with Crippen LogP contribution in [-0.4, -0.2) is 47.7 Å². The molecule has 3 aromatic rings. The summed E-state index contributed by atoms with van der Waals surface area (Å²) >= 11 is 1.17. The van der Waals surface area contributed by atoms with Crippen molar-refractivity contribution in [3.63, 3.8) is 0 Å². The average molecular weight is 500 g/mol. The van der Waals surface area contributed by atoms with Crippen LogP contribution in [0.5, 0.6) is 0 Å². The van der Waals surface area contributed by atoms with Gasteiger partial charge in [-0.25, -0.2) is 18.7 Å². The Balaban J connectivity index is 1.15. The number of rotatable bonds is 5. The van der Waals surface area contributed by atoms with Crippen molar-refractivity contribution >= 4 is 39.0 Å². The van der Waals surface area contributed by atoms with Gasteiger partial charge in [0.05, 0.1) is 29.3 Å². The quantitative estimate of drug-likeness (QED) is 0.548. The molecule has 3 fully saturated rings. The van der Waals surface area contributed by atoms with Crippen molar-refractivity contribution < 1.29 is 18.3 Å². The molecule has 0 radical (unpaired) electrons. The molecular weight excluding hydrogens is 472 g/mol. The maximum atomic E-state index is 15.2. The summed E-state index contributed by atoms with van der Waals surface area (Å²) in [5.41, 5.74) is 8.23. The molecule has 1 aliphatic carbocycles. The fourth-order valence-corrected chi connectivity index (χ4v) is 6.97. The number of hydrogen-bond donors (Lipinski definition) is 2. The number of benzene rings is 1. The zero-order valence-corrected chi connectivity index (χ0v) is 20.4. The monoisotopic (exact) mass is 499 g/mol. The van der Waals surface area contributed by atoms with Gasteiger partial charge < -0.3 is 20.7 Å². The predicted octanol–water partition coefficient (Wildman–Crippen LogP) is 4.15. The third-order valence-corrected chi connectivity index (χ3v) is 8.95. The Morgan fingerprint density at radius 3 is 3.00 bits per heavy atom. The second kappa shape index (κ2) is 8.09. The highest BCUT2D eigenvalue weighted by Gasteiger charge is 2.63. The predicted molar refractivity (Wildman–Crippen MR) is 131 cm³/mol. The van der Waals surface area contributed by atoms with E-state index in [0.29, 0.717) is 28.3 Å². The van der Waals surface area contributed by atoms with Crippen LogP contribution in [0.2, 0.25) is 0 Å². The number of nitrogens with one attached hydrogen (secondary N) is 1. The first-order valence-corrected chi connectivity index (χ1v) is 12.8. The van der Waals surface area contributed by atoms with Crippen molar-refractivity contribution in [2.45, 2.75) is 51.2 Å². The zero-order chi connectivity index (χ0) is 24.5. The zero-order valence-electron chi connectivity index (χ0n) is 19.6. The lowest BCUT2D eigenvalue weighted by Gasteiger charge is -2.47. The summed E-state index contributed by atoms with van der Waals surface area (Å²) in [6, 6.07) is 2.55. The van der Waals surface area contributed by atoms with Crippen molar-refractivity contribution in [3.05, 3.63) is 46.1 Å². The number of fused-ring (bicyclic) bond motifs is 1. The van der Waals surface area contributed by atoms with Gasteiger partial charge in [0.1, 0.15) is 26.9 Å². The van der Waals surface area contributed by atoms with Crippen LogP contribution in [0.1, 0.15) is 53.0 Å². The molecule has 2 aromatic heterocycles. The van der Waals surface area contributed by atoms with E-state index in [1.54, 1.807) is 13.1 Å². The SMILES string of the molecule is Cc1cnc2c(N)c(C(=O)NC[C@@H](C)c3cc(F)c(N4CC5OC6CCCC65C4)cc3F)sc2n1. The maximum absolute atomic E-state index is 15.2. The molecule has 1 aromatic carbocycles. The van der Waals surface area contributed by atoms with Crippen LogP contribution in [0.15, 0.2) is 18.3 Å². The second-order valence-corrected chi connectivity index (χ2v) is 11.1. The van der Waals surface area contributed by atoms with E-state index in [9.17, 15) is 4.79 Å². The van der Waals surface area contributed by atoms with E-state index in [2.05, 4.69) is 15.3 Å². The molecule has 2 saturated heterocycles. The Labute approximate surface area is 205 Å². The minimum Gasteiger partial charge on any atom is -0.396 e. The number of amides is 1. The van der Waals surface area contributed by atoms with Crippen LogP contribution in [0.3, 0.4) is 0 Å². The summed E-state index contributed by atoms with van der Waals surface area (Å²) < 4.78 is 36.3. The Bertz CT molecular complexity index is 1350. The average Bonchev–Trinajstić information content (AvgIpc) is 3.43. The normalized spacial score (nSPS) is 25.9. The molecule has 7 nitrogen and oxygen atoms in total. The number of aryl methyl sites for hydroxylation is 1. The number of thiophene rings is 1. The summed E-state index contributed by atoms with van der Waals surface area (Å²) in [4.78, 5) is 24.2. The largest absolute Gasteiger partial charge is 0.396 e. The molecule has 10 heteroatoms. The fraction of sp³-hybridized carbons (Fsp3) is 0.480. The molecule has 35 heavy (non-hydrogen) atoms. The molecular formula is C25H27F2N5O2S. The number of carbonyl (C=O) groups is 1. The maximum Gasteiger partial charge on any atom is 0.263 e. The van der Waals surface area contributed by atoms with Crippen molar-refractivity contribution in [1.82, 2.24) is 15.3 Å².